The van der Waals surface area contributed by atoms with E-state index in [4.69, 9.17) is 4.74 Å². The second-order valence-electron chi connectivity index (χ2n) is 6.55. The van der Waals surface area contributed by atoms with Gasteiger partial charge in [0.2, 0.25) is 0 Å². The lowest BCUT2D eigenvalue weighted by Gasteiger charge is -2.43. The van der Waals surface area contributed by atoms with Crippen molar-refractivity contribution in [1.82, 2.24) is 20.5 Å². The van der Waals surface area contributed by atoms with E-state index in [-0.39, 0.29) is 5.54 Å². The van der Waals surface area contributed by atoms with E-state index in [0.717, 1.165) is 57.5 Å². The van der Waals surface area contributed by atoms with Crippen molar-refractivity contribution in [3.63, 3.8) is 0 Å². The lowest BCUT2D eigenvalue weighted by Crippen LogP contribution is -2.60. The molecule has 2 saturated heterocycles. The Morgan fingerprint density at radius 2 is 2.24 bits per heavy atom. The molecule has 1 aromatic heterocycles. The van der Waals surface area contributed by atoms with E-state index in [0.29, 0.717) is 0 Å². The maximum Gasteiger partial charge on any atom is 0.191 e. The van der Waals surface area contributed by atoms with Crippen LogP contribution in [0.2, 0.25) is 0 Å². The van der Waals surface area contributed by atoms with Crippen LogP contribution in [-0.2, 0) is 11.2 Å². The van der Waals surface area contributed by atoms with Crippen molar-refractivity contribution in [2.45, 2.75) is 18.4 Å². The monoisotopic (exact) mass is 363 g/mol. The number of hydrogen-bond donors (Lipinski definition) is 2. The Balaban J connectivity index is 1.48. The average Bonchev–Trinajstić information content (AvgIpc) is 3.16. The van der Waals surface area contributed by atoms with E-state index in [1.165, 1.54) is 17.9 Å². The molecule has 1 unspecified atom stereocenters. The van der Waals surface area contributed by atoms with Gasteiger partial charge in [0.05, 0.1) is 13.2 Å². The first-order valence-corrected chi connectivity index (χ1v) is 10.2. The second kappa shape index (κ2) is 9.40. The van der Waals surface area contributed by atoms with Crippen LogP contribution in [0.25, 0.3) is 0 Å². The van der Waals surface area contributed by atoms with Crippen LogP contribution >= 0.6 is 11.8 Å². The van der Waals surface area contributed by atoms with Crippen LogP contribution in [0.4, 0.5) is 0 Å². The van der Waals surface area contributed by atoms with Crippen LogP contribution in [0.15, 0.2) is 29.4 Å². The Kier molecular flexibility index (Phi) is 6.95. The highest BCUT2D eigenvalue weighted by atomic mass is 32.2. The summed E-state index contributed by atoms with van der Waals surface area (Å²) in [5.74, 6) is 3.30. The van der Waals surface area contributed by atoms with Crippen LogP contribution in [-0.4, -0.2) is 79.3 Å². The number of thioether (sulfide) groups is 1. The molecule has 1 atom stereocenters. The third-order valence-corrected chi connectivity index (χ3v) is 6.21. The van der Waals surface area contributed by atoms with Crippen LogP contribution < -0.4 is 10.6 Å². The zero-order valence-electron chi connectivity index (χ0n) is 15.0. The minimum absolute atomic E-state index is 0.229. The number of hydrogen-bond acceptors (Lipinski definition) is 5. The number of ether oxygens (including phenoxy) is 1. The van der Waals surface area contributed by atoms with E-state index in [1.807, 2.05) is 25.4 Å². The summed E-state index contributed by atoms with van der Waals surface area (Å²) in [5, 5.41) is 6.97. The lowest BCUT2D eigenvalue weighted by molar-refractivity contribution is -0.0120. The van der Waals surface area contributed by atoms with Gasteiger partial charge in [0.15, 0.2) is 5.96 Å². The van der Waals surface area contributed by atoms with Crippen LogP contribution in [0.1, 0.15) is 12.1 Å². The molecule has 7 heteroatoms. The van der Waals surface area contributed by atoms with Gasteiger partial charge in [-0.2, -0.15) is 11.8 Å². The first-order chi connectivity index (χ1) is 12.3. The van der Waals surface area contributed by atoms with Crippen LogP contribution in [0, 0.1) is 0 Å². The van der Waals surface area contributed by atoms with Crippen molar-refractivity contribution in [1.29, 1.82) is 0 Å². The maximum absolute atomic E-state index is 5.54. The molecule has 0 bridgehead atoms. The van der Waals surface area contributed by atoms with E-state index in [2.05, 4.69) is 43.3 Å². The number of guanidine groups is 1. The van der Waals surface area contributed by atoms with Gasteiger partial charge in [-0.15, -0.1) is 0 Å². The first kappa shape index (κ1) is 18.5. The van der Waals surface area contributed by atoms with Gasteiger partial charge in [-0.05, 0) is 24.3 Å². The van der Waals surface area contributed by atoms with Gasteiger partial charge >= 0.3 is 0 Å². The molecule has 2 aliphatic rings. The maximum atomic E-state index is 5.54. The van der Waals surface area contributed by atoms with Crippen LogP contribution in [0.5, 0.6) is 0 Å². The summed E-state index contributed by atoms with van der Waals surface area (Å²) in [5.41, 5.74) is 1.33. The molecular formula is C18H29N5OS. The number of rotatable bonds is 6. The van der Waals surface area contributed by atoms with Crippen molar-refractivity contribution in [2.75, 3.05) is 57.9 Å². The van der Waals surface area contributed by atoms with E-state index in [1.54, 1.807) is 0 Å². The summed E-state index contributed by atoms with van der Waals surface area (Å²) in [6.45, 7) is 5.54. The van der Waals surface area contributed by atoms with Crippen molar-refractivity contribution >= 4 is 17.7 Å². The Hall–Kier alpha value is -1.31. The quantitative estimate of drug-likeness (QED) is 0.581. The number of morpholine rings is 1. The highest BCUT2D eigenvalue weighted by Gasteiger charge is 2.40. The number of aliphatic imine (C=N–C) groups is 1. The normalized spacial score (nSPS) is 25.1. The lowest BCUT2D eigenvalue weighted by atomic mass is 9.95. The topological polar surface area (TPSA) is 61.8 Å². The standard InChI is InChI=1S/C18H29N5OS/c1-19-17(21-8-5-16-4-2-3-7-20-16)22-14-18(6-13-25-15-18)23-9-11-24-12-10-23/h2-4,7H,5-6,8-15H2,1H3,(H2,19,21,22). The number of pyridine rings is 1. The fraction of sp³-hybridized carbons (Fsp3) is 0.667. The molecule has 3 rings (SSSR count). The zero-order valence-corrected chi connectivity index (χ0v) is 15.9. The molecule has 2 N–H and O–H groups in total. The molecular weight excluding hydrogens is 334 g/mol. The van der Waals surface area contributed by atoms with Gasteiger partial charge in [0.1, 0.15) is 0 Å². The Labute approximate surface area is 154 Å². The zero-order chi connectivity index (χ0) is 17.4. The minimum Gasteiger partial charge on any atom is -0.379 e. The average molecular weight is 364 g/mol. The smallest absolute Gasteiger partial charge is 0.191 e. The molecule has 1 aromatic rings. The largest absolute Gasteiger partial charge is 0.379 e. The van der Waals surface area contributed by atoms with Crippen molar-refractivity contribution in [3.05, 3.63) is 30.1 Å². The van der Waals surface area contributed by atoms with E-state index in [9.17, 15) is 0 Å². The predicted molar refractivity (Wildman–Crippen MR) is 104 cm³/mol. The SMILES string of the molecule is CN=C(NCCc1ccccn1)NCC1(N2CCOCC2)CCSC1. The predicted octanol–water partition coefficient (Wildman–Crippen LogP) is 0.997. The molecule has 138 valence electrons. The number of aromatic nitrogens is 1. The van der Waals surface area contributed by atoms with Gasteiger partial charge in [-0.3, -0.25) is 14.9 Å². The molecule has 0 radical (unpaired) electrons. The van der Waals surface area contributed by atoms with Crippen molar-refractivity contribution < 1.29 is 4.74 Å². The fourth-order valence-corrected chi connectivity index (χ4v) is 4.94. The summed E-state index contributed by atoms with van der Waals surface area (Å²) in [7, 11) is 1.83. The van der Waals surface area contributed by atoms with Gasteiger partial charge in [-0.25, -0.2) is 0 Å². The molecule has 0 saturated carbocycles. The third-order valence-electron chi connectivity index (χ3n) is 4.97. The Bertz CT molecular complexity index is 542. The first-order valence-electron chi connectivity index (χ1n) is 9.07. The molecule has 0 aliphatic carbocycles. The Morgan fingerprint density at radius 1 is 1.36 bits per heavy atom. The number of nitrogens with zero attached hydrogens (tertiary/aromatic N) is 3. The summed E-state index contributed by atoms with van der Waals surface area (Å²) >= 11 is 2.06. The second-order valence-corrected chi connectivity index (χ2v) is 7.66. The summed E-state index contributed by atoms with van der Waals surface area (Å²) in [6.07, 6.45) is 3.97. The Morgan fingerprint density at radius 3 is 2.92 bits per heavy atom. The van der Waals surface area contributed by atoms with Crippen LogP contribution in [0.3, 0.4) is 0 Å². The molecule has 0 spiro atoms. The molecule has 0 aromatic carbocycles. The molecule has 6 nitrogen and oxygen atoms in total. The van der Waals surface area contributed by atoms with Crippen molar-refractivity contribution in [2.24, 2.45) is 4.99 Å². The number of nitrogens with one attached hydrogen (secondary N) is 2. The summed E-state index contributed by atoms with van der Waals surface area (Å²) in [4.78, 5) is 11.4. The van der Waals surface area contributed by atoms with Gasteiger partial charge < -0.3 is 15.4 Å². The van der Waals surface area contributed by atoms with E-state index >= 15 is 0 Å². The minimum atomic E-state index is 0.229. The summed E-state index contributed by atoms with van der Waals surface area (Å²) < 4.78 is 5.54. The molecule has 0 amide bonds. The van der Waals surface area contributed by atoms with Crippen molar-refractivity contribution in [3.8, 4) is 0 Å². The molecule has 3 heterocycles. The molecule has 25 heavy (non-hydrogen) atoms. The molecule has 2 aliphatic heterocycles. The highest BCUT2D eigenvalue weighted by Crippen LogP contribution is 2.33. The fourth-order valence-electron chi connectivity index (χ4n) is 3.46. The van der Waals surface area contributed by atoms with Gasteiger partial charge in [0, 0.05) is 62.8 Å². The molecule has 2 fully saturated rings. The third kappa shape index (κ3) is 5.09. The van der Waals surface area contributed by atoms with Gasteiger partial charge in [-0.1, -0.05) is 6.07 Å². The van der Waals surface area contributed by atoms with Gasteiger partial charge in [0.25, 0.3) is 0 Å². The van der Waals surface area contributed by atoms with E-state index < -0.39 is 0 Å². The highest BCUT2D eigenvalue weighted by molar-refractivity contribution is 7.99. The summed E-state index contributed by atoms with van der Waals surface area (Å²) in [6, 6.07) is 6.03.